The molecule has 4 aromatic heterocycles. The van der Waals surface area contributed by atoms with Crippen molar-refractivity contribution < 1.29 is 0 Å². The Bertz CT molecular complexity index is 4610. The summed E-state index contributed by atoms with van der Waals surface area (Å²) in [5.74, 6) is 0.652. The van der Waals surface area contributed by atoms with Crippen molar-refractivity contribution in [3.63, 3.8) is 0 Å². The number of fused-ring (bicyclic) bond motifs is 9. The van der Waals surface area contributed by atoms with Crippen LogP contribution in [-0.2, 0) is 0 Å². The number of benzene rings is 10. The Labute approximate surface area is 430 Å². The van der Waals surface area contributed by atoms with Gasteiger partial charge < -0.3 is 13.7 Å². The molecule has 0 fully saturated rings. The summed E-state index contributed by atoms with van der Waals surface area (Å²) in [6.45, 7) is 0. The first kappa shape index (κ1) is 43.0. The van der Waals surface area contributed by atoms with Crippen molar-refractivity contribution >= 4 is 65.4 Å². The van der Waals surface area contributed by atoms with Crippen molar-refractivity contribution in [3.8, 4) is 80.3 Å². The number of hydrogen-bond donors (Lipinski definition) is 0. The van der Waals surface area contributed by atoms with Crippen LogP contribution in [-0.4, -0.2) is 23.7 Å². The number of nitriles is 3. The predicted molar refractivity (Wildman–Crippen MR) is 301 cm³/mol. The van der Waals surface area contributed by atoms with Gasteiger partial charge in [-0.1, -0.05) is 127 Å². The molecule has 0 spiro atoms. The Morgan fingerprint density at radius 3 is 1.20 bits per heavy atom. The van der Waals surface area contributed by atoms with Crippen LogP contribution in [0.4, 0.5) is 0 Å². The van der Waals surface area contributed by atoms with Gasteiger partial charge >= 0.3 is 0 Å². The van der Waals surface area contributed by atoms with Gasteiger partial charge in [-0.3, -0.25) is 0 Å². The lowest BCUT2D eigenvalue weighted by Gasteiger charge is -2.13. The zero-order valence-electron chi connectivity index (χ0n) is 40.0. The molecular formula is C67H38N8. The van der Waals surface area contributed by atoms with Crippen LogP contribution in [0.2, 0.25) is 0 Å². The maximum absolute atomic E-state index is 10.9. The minimum absolute atomic E-state index is 0.548. The Kier molecular flexibility index (Phi) is 9.85. The topological polar surface area (TPSA) is 112 Å². The summed E-state index contributed by atoms with van der Waals surface area (Å²) in [7, 11) is 0. The Hall–Kier alpha value is -10.9. The summed E-state index contributed by atoms with van der Waals surface area (Å²) in [5.41, 5.74) is 16.8. The van der Waals surface area contributed by atoms with Gasteiger partial charge in [-0.2, -0.15) is 15.8 Å². The van der Waals surface area contributed by atoms with E-state index in [1.165, 1.54) is 10.8 Å². The third kappa shape index (κ3) is 6.96. The van der Waals surface area contributed by atoms with Crippen LogP contribution < -0.4 is 0 Å². The van der Waals surface area contributed by atoms with Gasteiger partial charge in [-0.25, -0.2) is 9.97 Å². The van der Waals surface area contributed by atoms with E-state index >= 15 is 0 Å². The quantitative estimate of drug-likeness (QED) is 0.158. The molecule has 0 unspecified atom stereocenters. The highest BCUT2D eigenvalue weighted by Gasteiger charge is 2.21. The van der Waals surface area contributed by atoms with Crippen LogP contribution >= 0.6 is 0 Å². The van der Waals surface area contributed by atoms with Crippen LogP contribution in [0.25, 0.3) is 128 Å². The maximum atomic E-state index is 10.9. The second-order valence-corrected chi connectivity index (χ2v) is 18.7. The van der Waals surface area contributed by atoms with E-state index in [-0.39, 0.29) is 0 Å². The molecule has 0 N–H and O–H groups in total. The minimum Gasteiger partial charge on any atom is -0.309 e. The number of hydrogen-bond acceptors (Lipinski definition) is 5. The maximum Gasteiger partial charge on any atom is 0.160 e. The molecule has 10 aromatic carbocycles. The van der Waals surface area contributed by atoms with E-state index in [4.69, 9.17) is 9.97 Å². The van der Waals surface area contributed by atoms with Gasteiger partial charge in [0.2, 0.25) is 0 Å². The van der Waals surface area contributed by atoms with E-state index in [9.17, 15) is 15.8 Å². The fourth-order valence-corrected chi connectivity index (χ4v) is 11.1. The van der Waals surface area contributed by atoms with E-state index in [0.717, 1.165) is 111 Å². The molecule has 0 bridgehead atoms. The van der Waals surface area contributed by atoms with Gasteiger partial charge in [-0.05, 0) is 114 Å². The molecule has 0 radical (unpaired) electrons. The van der Waals surface area contributed by atoms with Gasteiger partial charge in [-0.15, -0.1) is 0 Å². The van der Waals surface area contributed by atoms with E-state index in [2.05, 4.69) is 165 Å². The van der Waals surface area contributed by atoms with Crippen LogP contribution in [0.3, 0.4) is 0 Å². The molecule has 0 aliphatic rings. The molecule has 14 rings (SSSR count). The average molecular weight is 955 g/mol. The van der Waals surface area contributed by atoms with Gasteiger partial charge in [0, 0.05) is 66.1 Å². The fourth-order valence-electron chi connectivity index (χ4n) is 11.1. The molecule has 0 aliphatic carbocycles. The van der Waals surface area contributed by atoms with Crippen LogP contribution in [0, 0.1) is 34.0 Å². The standard InChI is InChI=1S/C67H38N8/c68-39-42-19-29-63-55(33-42)56-34-43(40-69)20-30-64(56)75(63)51-27-32-66-58(37-51)57-36-50(74-61-17-9-7-15-53(61)54-16-8-10-18-62(54)74)26-31-65(57)73(66)49-25-28-52(48(35-49)41-70)44-21-23-46(24-22-44)60-38-59(45-11-3-1-4-12-45)71-67(72-60)47-13-5-2-6-14-47/h1-38H. The Balaban J connectivity index is 0.925. The molecule has 8 nitrogen and oxygen atoms in total. The summed E-state index contributed by atoms with van der Waals surface area (Å²) >= 11 is 0. The number of para-hydroxylation sites is 2. The van der Waals surface area contributed by atoms with Crippen molar-refractivity contribution in [1.82, 2.24) is 23.7 Å². The fraction of sp³-hybridized carbons (Fsp3) is 0. The second kappa shape index (κ2) is 17.2. The third-order valence-electron chi connectivity index (χ3n) is 14.6. The zero-order valence-corrected chi connectivity index (χ0v) is 40.0. The van der Waals surface area contributed by atoms with Gasteiger partial charge in [0.1, 0.15) is 0 Å². The number of rotatable bonds is 7. The van der Waals surface area contributed by atoms with Gasteiger partial charge in [0.25, 0.3) is 0 Å². The van der Waals surface area contributed by atoms with Crippen molar-refractivity contribution in [2.24, 2.45) is 0 Å². The highest BCUT2D eigenvalue weighted by Crippen LogP contribution is 2.41. The summed E-state index contributed by atoms with van der Waals surface area (Å²) in [4.78, 5) is 10.0. The SMILES string of the molecule is N#Cc1ccc2c(c1)c1cc(C#N)ccc1n2-c1ccc2c(c1)c1cc(-n3c4ccccc4c4ccccc43)ccc1n2-c1ccc(-c2ccc(-c3cc(-c4ccccc4)nc(-c4ccccc4)n3)cc2)c(C#N)c1. The average Bonchev–Trinajstić information content (AvgIpc) is 4.17. The summed E-state index contributed by atoms with van der Waals surface area (Å²) < 4.78 is 6.81. The molecule has 0 atom stereocenters. The first-order valence-electron chi connectivity index (χ1n) is 24.6. The van der Waals surface area contributed by atoms with Crippen molar-refractivity contribution in [3.05, 3.63) is 247 Å². The highest BCUT2D eigenvalue weighted by atomic mass is 15.0. The monoisotopic (exact) mass is 954 g/mol. The molecule has 0 saturated carbocycles. The van der Waals surface area contributed by atoms with Crippen LogP contribution in [0.15, 0.2) is 231 Å². The molecule has 75 heavy (non-hydrogen) atoms. The first-order valence-corrected chi connectivity index (χ1v) is 24.6. The molecular weight excluding hydrogens is 917 g/mol. The highest BCUT2D eigenvalue weighted by molar-refractivity contribution is 6.14. The molecule has 0 aliphatic heterocycles. The summed E-state index contributed by atoms with van der Waals surface area (Å²) in [5, 5.41) is 37.0. The second-order valence-electron chi connectivity index (χ2n) is 18.7. The van der Waals surface area contributed by atoms with Gasteiger partial charge in [0.05, 0.1) is 79.4 Å². The predicted octanol–water partition coefficient (Wildman–Crippen LogP) is 16.1. The molecule has 4 heterocycles. The zero-order chi connectivity index (χ0) is 50.1. The lowest BCUT2D eigenvalue weighted by molar-refractivity contribution is 1.16. The van der Waals surface area contributed by atoms with E-state index in [1.807, 2.05) is 97.1 Å². The van der Waals surface area contributed by atoms with Crippen LogP contribution in [0.5, 0.6) is 0 Å². The van der Waals surface area contributed by atoms with Crippen molar-refractivity contribution in [1.29, 1.82) is 15.8 Å². The van der Waals surface area contributed by atoms with Gasteiger partial charge in [0.15, 0.2) is 5.82 Å². The summed E-state index contributed by atoms with van der Waals surface area (Å²) in [6, 6.07) is 85.5. The Morgan fingerprint density at radius 2 is 0.693 bits per heavy atom. The lowest BCUT2D eigenvalue weighted by Crippen LogP contribution is -1.98. The third-order valence-corrected chi connectivity index (χ3v) is 14.6. The van der Waals surface area contributed by atoms with E-state index in [1.54, 1.807) is 0 Å². The first-order chi connectivity index (χ1) is 37.0. The molecule has 14 aromatic rings. The molecule has 8 heteroatoms. The van der Waals surface area contributed by atoms with Crippen molar-refractivity contribution in [2.45, 2.75) is 0 Å². The molecule has 0 amide bonds. The van der Waals surface area contributed by atoms with Crippen LogP contribution in [0.1, 0.15) is 16.7 Å². The lowest BCUT2D eigenvalue weighted by atomic mass is 9.97. The van der Waals surface area contributed by atoms with E-state index in [0.29, 0.717) is 22.5 Å². The molecule has 0 saturated heterocycles. The number of aromatic nitrogens is 5. The largest absolute Gasteiger partial charge is 0.309 e. The Morgan fingerprint density at radius 1 is 0.293 bits per heavy atom. The van der Waals surface area contributed by atoms with E-state index < -0.39 is 0 Å². The van der Waals surface area contributed by atoms with Crippen molar-refractivity contribution in [2.75, 3.05) is 0 Å². The smallest absolute Gasteiger partial charge is 0.160 e. The number of nitrogens with zero attached hydrogens (tertiary/aromatic N) is 8. The summed E-state index contributed by atoms with van der Waals surface area (Å²) in [6.07, 6.45) is 0. The minimum atomic E-state index is 0.548. The normalized spacial score (nSPS) is 11.4. The molecule has 346 valence electrons.